The third-order valence-corrected chi connectivity index (χ3v) is 5.02. The second kappa shape index (κ2) is 9.07. The summed E-state index contributed by atoms with van der Waals surface area (Å²) < 4.78 is 52.8. The van der Waals surface area contributed by atoms with Crippen LogP contribution in [0.3, 0.4) is 0 Å². The average molecular weight is 451 g/mol. The van der Waals surface area contributed by atoms with Crippen molar-refractivity contribution in [1.29, 1.82) is 0 Å². The second-order valence-electron chi connectivity index (χ2n) is 7.55. The molecule has 2 N–H and O–H groups in total. The quantitative estimate of drug-likeness (QED) is 0.544. The summed E-state index contributed by atoms with van der Waals surface area (Å²) >= 11 is 0. The third kappa shape index (κ3) is 4.96. The van der Waals surface area contributed by atoms with E-state index in [-0.39, 0.29) is 12.4 Å². The third-order valence-electron chi connectivity index (χ3n) is 5.02. The Labute approximate surface area is 182 Å². The molecule has 0 radical (unpaired) electrons. The molecule has 172 valence electrons. The maximum absolute atomic E-state index is 13.5. The lowest BCUT2D eigenvalue weighted by molar-refractivity contribution is -0.272. The molecule has 0 saturated heterocycles. The first-order chi connectivity index (χ1) is 15.0. The average Bonchev–Trinajstić information content (AvgIpc) is 3.35. The minimum absolute atomic E-state index is 0.0724. The Hall–Kier alpha value is -3.27. The van der Waals surface area contributed by atoms with Gasteiger partial charge in [-0.15, -0.1) is 0 Å². The molecule has 32 heavy (non-hydrogen) atoms. The molecule has 10 heteroatoms. The molecule has 3 rings (SSSR count). The Morgan fingerprint density at radius 2 is 2.00 bits per heavy atom. The molecular formula is C22H24F3N3O4. The van der Waals surface area contributed by atoms with Crippen molar-refractivity contribution in [3.63, 3.8) is 0 Å². The Bertz CT molecular complexity index is 1090. The van der Waals surface area contributed by atoms with Gasteiger partial charge in [-0.05, 0) is 37.6 Å². The van der Waals surface area contributed by atoms with Crippen LogP contribution in [0.15, 0.2) is 47.1 Å². The van der Waals surface area contributed by atoms with Gasteiger partial charge in [0, 0.05) is 32.4 Å². The summed E-state index contributed by atoms with van der Waals surface area (Å²) in [5, 5.41) is 12.6. The lowest BCUT2D eigenvalue weighted by atomic mass is 9.97. The van der Waals surface area contributed by atoms with Gasteiger partial charge in [-0.1, -0.05) is 17.7 Å². The minimum atomic E-state index is -4.97. The van der Waals surface area contributed by atoms with E-state index >= 15 is 0 Å². The van der Waals surface area contributed by atoms with E-state index in [1.165, 1.54) is 19.3 Å². The number of nitrogens with zero attached hydrogens (tertiary/aromatic N) is 2. The molecule has 0 fully saturated rings. The van der Waals surface area contributed by atoms with Crippen molar-refractivity contribution in [2.45, 2.75) is 38.7 Å². The summed E-state index contributed by atoms with van der Waals surface area (Å²) in [6.45, 7) is 3.53. The largest absolute Gasteiger partial charge is 0.485 e. The number of benzene rings is 1. The monoisotopic (exact) mass is 451 g/mol. The normalized spacial score (nSPS) is 13.6. The maximum atomic E-state index is 13.5. The van der Waals surface area contributed by atoms with Crippen LogP contribution in [0.5, 0.6) is 5.75 Å². The molecule has 0 bridgehead atoms. The number of alkyl halides is 3. The predicted molar refractivity (Wildman–Crippen MR) is 109 cm³/mol. The molecule has 1 aromatic carbocycles. The van der Waals surface area contributed by atoms with Crippen LogP contribution in [0.25, 0.3) is 0 Å². The van der Waals surface area contributed by atoms with Gasteiger partial charge in [0.1, 0.15) is 23.9 Å². The molecule has 0 aliphatic rings. The van der Waals surface area contributed by atoms with Crippen molar-refractivity contribution in [2.24, 2.45) is 7.05 Å². The Morgan fingerprint density at radius 1 is 1.25 bits per heavy atom. The number of hydrogen-bond acceptors (Lipinski definition) is 5. The Balaban J connectivity index is 1.58. The number of furan rings is 1. The van der Waals surface area contributed by atoms with E-state index < -0.39 is 36.5 Å². The summed E-state index contributed by atoms with van der Waals surface area (Å²) in [6.07, 6.45) is -3.32. The van der Waals surface area contributed by atoms with Crippen molar-refractivity contribution >= 4 is 5.91 Å². The predicted octanol–water partition coefficient (Wildman–Crippen LogP) is 3.78. The number of imidazole rings is 1. The summed E-state index contributed by atoms with van der Waals surface area (Å²) in [7, 11) is 1.35. The van der Waals surface area contributed by atoms with E-state index in [4.69, 9.17) is 9.15 Å². The zero-order valence-electron chi connectivity index (χ0n) is 17.9. The Kier molecular flexibility index (Phi) is 6.63. The van der Waals surface area contributed by atoms with Crippen LogP contribution in [0.2, 0.25) is 0 Å². The van der Waals surface area contributed by atoms with Crippen molar-refractivity contribution in [3.8, 4) is 5.75 Å². The molecule has 0 saturated carbocycles. The van der Waals surface area contributed by atoms with Gasteiger partial charge >= 0.3 is 6.18 Å². The van der Waals surface area contributed by atoms with Crippen LogP contribution in [0.4, 0.5) is 13.2 Å². The first-order valence-corrected chi connectivity index (χ1v) is 9.85. The van der Waals surface area contributed by atoms with Gasteiger partial charge in [0.2, 0.25) is 5.60 Å². The van der Waals surface area contributed by atoms with Gasteiger partial charge in [0.05, 0.1) is 0 Å². The lowest BCUT2D eigenvalue weighted by Crippen LogP contribution is -2.46. The van der Waals surface area contributed by atoms with Gasteiger partial charge in [-0.25, -0.2) is 4.98 Å². The molecule has 1 atom stereocenters. The number of aryl methyl sites for hydroxylation is 3. The fourth-order valence-electron chi connectivity index (χ4n) is 3.28. The standard InChI is InChI=1S/C22H24F3N3O4/c1-14-4-6-17(15(2)12-14)31-13-16-5-7-18(32-16)19(29)26-9-8-21(30,22(23,24)25)20-27-10-11-28(20)3/h4-7,10-12,30H,8-9,13H2,1-3H3,(H,26,29). The molecule has 7 nitrogen and oxygen atoms in total. The molecule has 3 aromatic rings. The van der Waals surface area contributed by atoms with Crippen molar-refractivity contribution in [3.05, 3.63) is 71.2 Å². The number of nitrogens with one attached hydrogen (secondary N) is 1. The zero-order chi connectivity index (χ0) is 23.5. The number of halogens is 3. The molecule has 0 spiro atoms. The lowest BCUT2D eigenvalue weighted by Gasteiger charge is -2.29. The number of aliphatic hydroxyl groups is 1. The summed E-state index contributed by atoms with van der Waals surface area (Å²) in [5.74, 6) is -0.263. The van der Waals surface area contributed by atoms with Crippen molar-refractivity contribution < 1.29 is 32.2 Å². The number of carbonyl (C=O) groups is 1. The first-order valence-electron chi connectivity index (χ1n) is 9.85. The molecule has 1 unspecified atom stereocenters. The maximum Gasteiger partial charge on any atom is 0.424 e. The van der Waals surface area contributed by atoms with E-state index in [1.807, 2.05) is 32.0 Å². The molecular weight excluding hydrogens is 427 g/mol. The smallest absolute Gasteiger partial charge is 0.424 e. The number of ether oxygens (including phenoxy) is 1. The second-order valence-corrected chi connectivity index (χ2v) is 7.55. The molecule has 0 aliphatic heterocycles. The summed E-state index contributed by atoms with van der Waals surface area (Å²) in [4.78, 5) is 15.9. The van der Waals surface area contributed by atoms with Gasteiger partial charge in [-0.3, -0.25) is 4.79 Å². The van der Waals surface area contributed by atoms with E-state index in [1.54, 1.807) is 6.07 Å². The number of hydrogen-bond donors (Lipinski definition) is 2. The minimum Gasteiger partial charge on any atom is -0.485 e. The van der Waals surface area contributed by atoms with E-state index in [9.17, 15) is 23.1 Å². The van der Waals surface area contributed by atoms with Crippen LogP contribution >= 0.6 is 0 Å². The zero-order valence-corrected chi connectivity index (χ0v) is 17.9. The molecule has 2 heterocycles. The van der Waals surface area contributed by atoms with Gasteiger partial charge < -0.3 is 24.1 Å². The fourth-order valence-corrected chi connectivity index (χ4v) is 3.28. The van der Waals surface area contributed by atoms with E-state index in [2.05, 4.69) is 10.3 Å². The van der Waals surface area contributed by atoms with Crippen molar-refractivity contribution in [2.75, 3.05) is 6.54 Å². The highest BCUT2D eigenvalue weighted by atomic mass is 19.4. The summed E-state index contributed by atoms with van der Waals surface area (Å²) in [5.41, 5.74) is -1.14. The fraction of sp³-hybridized carbons (Fsp3) is 0.364. The van der Waals surface area contributed by atoms with Crippen LogP contribution in [0.1, 0.15) is 39.7 Å². The van der Waals surface area contributed by atoms with E-state index in [0.29, 0.717) is 11.5 Å². The highest BCUT2D eigenvalue weighted by molar-refractivity contribution is 5.91. The highest BCUT2D eigenvalue weighted by Gasteiger charge is 2.57. The number of carbonyl (C=O) groups excluding carboxylic acids is 1. The van der Waals surface area contributed by atoms with Crippen LogP contribution in [-0.2, 0) is 19.3 Å². The Morgan fingerprint density at radius 3 is 2.62 bits per heavy atom. The summed E-state index contributed by atoms with van der Waals surface area (Å²) in [6, 6.07) is 8.69. The number of aromatic nitrogens is 2. The number of rotatable bonds is 8. The number of amides is 1. The van der Waals surface area contributed by atoms with Gasteiger partial charge in [0.25, 0.3) is 5.91 Å². The SMILES string of the molecule is Cc1ccc(OCc2ccc(C(=O)NCCC(O)(c3nccn3C)C(F)(F)F)o2)c(C)c1. The molecule has 2 aromatic heterocycles. The van der Waals surface area contributed by atoms with Gasteiger partial charge in [0.15, 0.2) is 5.76 Å². The van der Waals surface area contributed by atoms with Crippen LogP contribution < -0.4 is 10.1 Å². The molecule has 0 aliphatic carbocycles. The van der Waals surface area contributed by atoms with Crippen LogP contribution in [-0.4, -0.2) is 33.3 Å². The van der Waals surface area contributed by atoms with E-state index in [0.717, 1.165) is 21.9 Å². The van der Waals surface area contributed by atoms with Crippen molar-refractivity contribution in [1.82, 2.24) is 14.9 Å². The highest BCUT2D eigenvalue weighted by Crippen LogP contribution is 2.40. The van der Waals surface area contributed by atoms with Crippen LogP contribution in [0, 0.1) is 13.8 Å². The van der Waals surface area contributed by atoms with Gasteiger partial charge in [-0.2, -0.15) is 13.2 Å². The topological polar surface area (TPSA) is 89.5 Å². The molecule has 1 amide bonds. The first kappa shape index (κ1) is 23.4.